The summed E-state index contributed by atoms with van der Waals surface area (Å²) in [4.78, 5) is 26.5. The summed E-state index contributed by atoms with van der Waals surface area (Å²) in [5, 5.41) is 5.97. The van der Waals surface area contributed by atoms with Crippen molar-refractivity contribution in [2.75, 3.05) is 36.9 Å². The standard InChI is InChI=1S/C24H31N3O3/c1-18(2)12-15-30-22-7-5-6-21(16-22)25-17-23(28)26-20-10-8-19(9-11-20)24(29)27-13-3-4-14-27/h5-11,16,18,25H,3-4,12-15,17H2,1-2H3,(H,26,28). The lowest BCUT2D eigenvalue weighted by Crippen LogP contribution is -2.27. The van der Waals surface area contributed by atoms with E-state index in [2.05, 4.69) is 24.5 Å². The molecule has 2 amide bonds. The van der Waals surface area contributed by atoms with E-state index in [1.54, 1.807) is 24.3 Å². The van der Waals surface area contributed by atoms with E-state index in [1.807, 2.05) is 29.2 Å². The van der Waals surface area contributed by atoms with E-state index in [9.17, 15) is 9.59 Å². The van der Waals surface area contributed by atoms with Crippen LogP contribution in [0.3, 0.4) is 0 Å². The highest BCUT2D eigenvalue weighted by Gasteiger charge is 2.19. The molecule has 1 aliphatic rings. The normalized spacial score (nSPS) is 13.4. The van der Waals surface area contributed by atoms with Gasteiger partial charge in [-0.25, -0.2) is 0 Å². The maximum Gasteiger partial charge on any atom is 0.253 e. The zero-order chi connectivity index (χ0) is 21.3. The van der Waals surface area contributed by atoms with Gasteiger partial charge in [0.05, 0.1) is 13.2 Å². The Balaban J connectivity index is 1.46. The lowest BCUT2D eigenvalue weighted by Gasteiger charge is -2.15. The molecule has 0 aliphatic carbocycles. The molecule has 0 atom stereocenters. The van der Waals surface area contributed by atoms with E-state index >= 15 is 0 Å². The number of benzene rings is 2. The summed E-state index contributed by atoms with van der Waals surface area (Å²) in [5.41, 5.74) is 2.16. The van der Waals surface area contributed by atoms with Crippen LogP contribution in [-0.4, -0.2) is 43.0 Å². The Morgan fingerprint density at radius 3 is 2.47 bits per heavy atom. The first-order chi connectivity index (χ1) is 14.5. The van der Waals surface area contributed by atoms with Crippen LogP contribution in [0.5, 0.6) is 5.75 Å². The van der Waals surface area contributed by atoms with Crippen molar-refractivity contribution in [3.8, 4) is 5.75 Å². The number of anilines is 2. The molecule has 0 bridgehead atoms. The van der Waals surface area contributed by atoms with Crippen molar-refractivity contribution in [3.63, 3.8) is 0 Å². The molecule has 2 N–H and O–H groups in total. The molecule has 1 aliphatic heterocycles. The van der Waals surface area contributed by atoms with Crippen LogP contribution >= 0.6 is 0 Å². The number of carbonyl (C=O) groups is 2. The second-order valence-electron chi connectivity index (χ2n) is 8.04. The zero-order valence-corrected chi connectivity index (χ0v) is 17.8. The lowest BCUT2D eigenvalue weighted by atomic mass is 10.1. The number of hydrogen-bond acceptors (Lipinski definition) is 4. The van der Waals surface area contributed by atoms with Crippen molar-refractivity contribution in [3.05, 3.63) is 54.1 Å². The van der Waals surface area contributed by atoms with Gasteiger partial charge in [0.1, 0.15) is 5.75 Å². The van der Waals surface area contributed by atoms with Crippen LogP contribution in [0.25, 0.3) is 0 Å². The Morgan fingerprint density at radius 2 is 1.77 bits per heavy atom. The van der Waals surface area contributed by atoms with E-state index in [-0.39, 0.29) is 18.4 Å². The third kappa shape index (κ3) is 6.51. The number of amides is 2. The number of nitrogens with zero attached hydrogens (tertiary/aromatic N) is 1. The third-order valence-electron chi connectivity index (χ3n) is 5.06. The van der Waals surface area contributed by atoms with Gasteiger partial charge in [-0.2, -0.15) is 0 Å². The molecule has 1 saturated heterocycles. The van der Waals surface area contributed by atoms with Gasteiger partial charge in [0.2, 0.25) is 5.91 Å². The number of hydrogen-bond donors (Lipinski definition) is 2. The zero-order valence-electron chi connectivity index (χ0n) is 17.8. The molecule has 1 fully saturated rings. The van der Waals surface area contributed by atoms with Gasteiger partial charge >= 0.3 is 0 Å². The number of ether oxygens (including phenoxy) is 1. The van der Waals surface area contributed by atoms with Crippen LogP contribution in [0.1, 0.15) is 43.5 Å². The largest absolute Gasteiger partial charge is 0.494 e. The first-order valence-corrected chi connectivity index (χ1v) is 10.7. The highest BCUT2D eigenvalue weighted by molar-refractivity contribution is 5.96. The molecular formula is C24H31N3O3. The van der Waals surface area contributed by atoms with Crippen LogP contribution < -0.4 is 15.4 Å². The first kappa shape index (κ1) is 21.7. The summed E-state index contributed by atoms with van der Waals surface area (Å²) in [6.45, 7) is 6.81. The SMILES string of the molecule is CC(C)CCOc1cccc(NCC(=O)Nc2ccc(C(=O)N3CCCC3)cc2)c1. The highest BCUT2D eigenvalue weighted by Crippen LogP contribution is 2.18. The molecular weight excluding hydrogens is 378 g/mol. The van der Waals surface area contributed by atoms with Crippen molar-refractivity contribution >= 4 is 23.2 Å². The van der Waals surface area contributed by atoms with Crippen LogP contribution in [0.2, 0.25) is 0 Å². The van der Waals surface area contributed by atoms with Crippen LogP contribution in [-0.2, 0) is 4.79 Å². The fourth-order valence-electron chi connectivity index (χ4n) is 3.29. The second kappa shape index (κ2) is 10.7. The number of likely N-dealkylation sites (tertiary alicyclic amines) is 1. The monoisotopic (exact) mass is 409 g/mol. The number of rotatable bonds is 9. The summed E-state index contributed by atoms with van der Waals surface area (Å²) in [6.07, 6.45) is 3.14. The molecule has 0 aromatic heterocycles. The summed E-state index contributed by atoms with van der Waals surface area (Å²) in [6, 6.07) is 14.7. The maximum atomic E-state index is 12.4. The second-order valence-corrected chi connectivity index (χ2v) is 8.04. The topological polar surface area (TPSA) is 70.7 Å². The van der Waals surface area contributed by atoms with Crippen molar-refractivity contribution < 1.29 is 14.3 Å². The van der Waals surface area contributed by atoms with Crippen molar-refractivity contribution in [2.24, 2.45) is 5.92 Å². The van der Waals surface area contributed by atoms with Gasteiger partial charge in [0, 0.05) is 36.1 Å². The van der Waals surface area contributed by atoms with E-state index in [4.69, 9.17) is 4.74 Å². The summed E-state index contributed by atoms with van der Waals surface area (Å²) in [5.74, 6) is 1.30. The Labute approximate surface area is 178 Å². The van der Waals surface area contributed by atoms with Crippen LogP contribution in [0.4, 0.5) is 11.4 Å². The minimum Gasteiger partial charge on any atom is -0.494 e. The van der Waals surface area contributed by atoms with E-state index in [0.29, 0.717) is 23.8 Å². The fraction of sp³-hybridized carbons (Fsp3) is 0.417. The first-order valence-electron chi connectivity index (χ1n) is 10.7. The molecule has 3 rings (SSSR count). The Morgan fingerprint density at radius 1 is 1.03 bits per heavy atom. The highest BCUT2D eigenvalue weighted by atomic mass is 16.5. The minimum atomic E-state index is -0.153. The van der Waals surface area contributed by atoms with Gasteiger partial charge < -0.3 is 20.3 Å². The average Bonchev–Trinajstić information content (AvgIpc) is 3.27. The van der Waals surface area contributed by atoms with Crippen molar-refractivity contribution in [2.45, 2.75) is 33.1 Å². The predicted molar refractivity (Wildman–Crippen MR) is 120 cm³/mol. The molecule has 2 aromatic carbocycles. The molecule has 0 spiro atoms. The van der Waals surface area contributed by atoms with Gasteiger partial charge in [0.15, 0.2) is 0 Å². The molecule has 1 heterocycles. The average molecular weight is 410 g/mol. The Kier molecular flexibility index (Phi) is 7.71. The molecule has 6 heteroatoms. The van der Waals surface area contributed by atoms with E-state index < -0.39 is 0 Å². The molecule has 2 aromatic rings. The van der Waals surface area contributed by atoms with Crippen molar-refractivity contribution in [1.82, 2.24) is 4.90 Å². The summed E-state index contributed by atoms with van der Waals surface area (Å²) < 4.78 is 5.76. The number of nitrogens with one attached hydrogen (secondary N) is 2. The summed E-state index contributed by atoms with van der Waals surface area (Å²) >= 11 is 0. The van der Waals surface area contributed by atoms with Crippen LogP contribution in [0, 0.1) is 5.92 Å². The lowest BCUT2D eigenvalue weighted by molar-refractivity contribution is -0.114. The predicted octanol–water partition coefficient (Wildman–Crippen LogP) is 4.40. The number of carbonyl (C=O) groups excluding carboxylic acids is 2. The van der Waals surface area contributed by atoms with Crippen molar-refractivity contribution in [1.29, 1.82) is 0 Å². The Hall–Kier alpha value is -3.02. The third-order valence-corrected chi connectivity index (χ3v) is 5.06. The molecule has 6 nitrogen and oxygen atoms in total. The summed E-state index contributed by atoms with van der Waals surface area (Å²) in [7, 11) is 0. The van der Waals surface area contributed by atoms with Gasteiger partial charge in [-0.1, -0.05) is 19.9 Å². The van der Waals surface area contributed by atoms with Crippen LogP contribution in [0.15, 0.2) is 48.5 Å². The minimum absolute atomic E-state index is 0.0579. The quantitative estimate of drug-likeness (QED) is 0.644. The van der Waals surface area contributed by atoms with Gasteiger partial charge in [0.25, 0.3) is 5.91 Å². The molecule has 0 unspecified atom stereocenters. The smallest absolute Gasteiger partial charge is 0.253 e. The molecule has 0 radical (unpaired) electrons. The maximum absolute atomic E-state index is 12.4. The van der Waals surface area contributed by atoms with Gasteiger partial charge in [-0.05, 0) is 61.6 Å². The molecule has 160 valence electrons. The molecule has 30 heavy (non-hydrogen) atoms. The molecule has 0 saturated carbocycles. The van der Waals surface area contributed by atoms with Gasteiger partial charge in [-0.15, -0.1) is 0 Å². The Bertz CT molecular complexity index is 843. The van der Waals surface area contributed by atoms with E-state index in [1.165, 1.54) is 0 Å². The van der Waals surface area contributed by atoms with E-state index in [0.717, 1.165) is 43.8 Å². The van der Waals surface area contributed by atoms with Gasteiger partial charge in [-0.3, -0.25) is 9.59 Å². The fourth-order valence-corrected chi connectivity index (χ4v) is 3.29.